The molecule has 2 heterocycles. The summed E-state index contributed by atoms with van der Waals surface area (Å²) in [4.78, 5) is 17.0. The van der Waals surface area contributed by atoms with Crippen molar-refractivity contribution in [2.24, 2.45) is 0 Å². The molecule has 1 N–H and O–H groups in total. The van der Waals surface area contributed by atoms with E-state index in [4.69, 9.17) is 0 Å². The molecule has 0 atom stereocenters. The maximum atomic E-state index is 10.9. The monoisotopic (exact) mass is 267 g/mol. The molecule has 0 spiro atoms. The van der Waals surface area contributed by atoms with Crippen molar-refractivity contribution in [3.63, 3.8) is 0 Å². The molecule has 1 aliphatic rings. The number of hydrogen-bond acceptors (Lipinski definition) is 5. The summed E-state index contributed by atoms with van der Waals surface area (Å²) < 4.78 is 1.68. The van der Waals surface area contributed by atoms with E-state index in [1.54, 1.807) is 11.5 Å². The van der Waals surface area contributed by atoms with E-state index in [9.17, 15) is 10.1 Å². The summed E-state index contributed by atoms with van der Waals surface area (Å²) in [6.45, 7) is 10.5. The van der Waals surface area contributed by atoms with Crippen molar-refractivity contribution >= 4 is 5.82 Å². The second-order valence-corrected chi connectivity index (χ2v) is 5.55. The van der Waals surface area contributed by atoms with Crippen LogP contribution >= 0.6 is 0 Å². The van der Waals surface area contributed by atoms with Crippen molar-refractivity contribution in [3.05, 3.63) is 22.1 Å². The number of nitrogens with zero attached hydrogens (tertiary/aromatic N) is 4. The maximum Gasteiger partial charge on any atom is 0.342 e. The molecule has 0 unspecified atom stereocenters. The van der Waals surface area contributed by atoms with E-state index < -0.39 is 0 Å². The van der Waals surface area contributed by atoms with Crippen LogP contribution in [0.1, 0.15) is 19.7 Å². The molecule has 0 saturated carbocycles. The van der Waals surface area contributed by atoms with Gasteiger partial charge in [0.1, 0.15) is 12.7 Å². The largest absolute Gasteiger partial charge is 0.358 e. The van der Waals surface area contributed by atoms with E-state index >= 15 is 0 Å². The first-order valence-electron chi connectivity index (χ1n) is 6.54. The number of piperazine rings is 1. The fourth-order valence-electron chi connectivity index (χ4n) is 2.54. The van der Waals surface area contributed by atoms with Gasteiger partial charge in [0.05, 0.1) is 0 Å². The summed E-state index contributed by atoms with van der Waals surface area (Å²) in [5, 5.41) is 14.3. The van der Waals surface area contributed by atoms with Gasteiger partial charge in [-0.3, -0.25) is 4.90 Å². The van der Waals surface area contributed by atoms with E-state index in [1.807, 2.05) is 0 Å². The average Bonchev–Trinajstić information content (AvgIpc) is 2.69. The van der Waals surface area contributed by atoms with E-state index in [2.05, 4.69) is 29.0 Å². The lowest BCUT2D eigenvalue weighted by molar-refractivity contribution is -0.392. The fourth-order valence-corrected chi connectivity index (χ4v) is 2.54. The molecule has 1 aliphatic heterocycles. The first-order valence-corrected chi connectivity index (χ1v) is 6.54. The summed E-state index contributed by atoms with van der Waals surface area (Å²) in [5.41, 5.74) is 0.0848. The van der Waals surface area contributed by atoms with Crippen LogP contribution in [-0.4, -0.2) is 51.1 Å². The van der Waals surface area contributed by atoms with Crippen LogP contribution in [0.15, 0.2) is 6.20 Å². The van der Waals surface area contributed by atoms with E-state index in [0.717, 1.165) is 26.2 Å². The minimum Gasteiger partial charge on any atom is -0.358 e. The highest BCUT2D eigenvalue weighted by molar-refractivity contribution is 5.18. The Balaban J connectivity index is 2.06. The van der Waals surface area contributed by atoms with Gasteiger partial charge in [-0.2, -0.15) is 0 Å². The zero-order valence-corrected chi connectivity index (χ0v) is 11.7. The first-order chi connectivity index (χ1) is 8.92. The van der Waals surface area contributed by atoms with Gasteiger partial charge in [-0.15, -0.1) is 0 Å². The summed E-state index contributed by atoms with van der Waals surface area (Å²) in [7, 11) is 0. The van der Waals surface area contributed by atoms with Crippen molar-refractivity contribution in [1.29, 1.82) is 0 Å². The highest BCUT2D eigenvalue weighted by Crippen LogP contribution is 2.18. The minimum absolute atomic E-state index is 0.0745. The molecule has 19 heavy (non-hydrogen) atoms. The van der Waals surface area contributed by atoms with Crippen molar-refractivity contribution in [1.82, 2.24) is 19.8 Å². The standard InChI is InChI=1S/C12H21N5O2/c1-10-14-8-11(17(18)19)16(10)7-6-15-5-4-13-9-12(15,2)3/h8,13H,4-7,9H2,1-3H3. The van der Waals surface area contributed by atoms with Gasteiger partial charge in [0.2, 0.25) is 0 Å². The smallest absolute Gasteiger partial charge is 0.342 e. The third-order valence-corrected chi connectivity index (χ3v) is 3.79. The van der Waals surface area contributed by atoms with Crippen LogP contribution in [0, 0.1) is 17.0 Å². The molecule has 0 aromatic carbocycles. The highest BCUT2D eigenvalue weighted by atomic mass is 16.6. The van der Waals surface area contributed by atoms with Gasteiger partial charge in [-0.1, -0.05) is 0 Å². The van der Waals surface area contributed by atoms with Gasteiger partial charge < -0.3 is 15.4 Å². The molecule has 1 fully saturated rings. The molecule has 1 saturated heterocycles. The summed E-state index contributed by atoms with van der Waals surface area (Å²) in [5.74, 6) is 0.769. The number of nitro groups is 1. The van der Waals surface area contributed by atoms with E-state index in [1.165, 1.54) is 6.20 Å². The Kier molecular flexibility index (Phi) is 3.86. The third-order valence-electron chi connectivity index (χ3n) is 3.79. The average molecular weight is 267 g/mol. The van der Waals surface area contributed by atoms with Gasteiger partial charge in [0.25, 0.3) is 0 Å². The second-order valence-electron chi connectivity index (χ2n) is 5.55. The molecule has 7 nitrogen and oxygen atoms in total. The Morgan fingerprint density at radius 2 is 2.26 bits per heavy atom. The van der Waals surface area contributed by atoms with Crippen molar-refractivity contribution in [2.75, 3.05) is 26.2 Å². The molecular weight excluding hydrogens is 246 g/mol. The molecule has 0 aliphatic carbocycles. The Morgan fingerprint density at radius 1 is 1.53 bits per heavy atom. The van der Waals surface area contributed by atoms with Crippen LogP contribution in [0.5, 0.6) is 0 Å². The zero-order valence-electron chi connectivity index (χ0n) is 11.7. The lowest BCUT2D eigenvalue weighted by Gasteiger charge is -2.42. The Labute approximate surface area is 112 Å². The van der Waals surface area contributed by atoms with Crippen LogP contribution in [0.2, 0.25) is 0 Å². The molecule has 0 amide bonds. The molecule has 1 aromatic rings. The van der Waals surface area contributed by atoms with Crippen LogP contribution in [0.25, 0.3) is 0 Å². The number of aryl methyl sites for hydroxylation is 1. The highest BCUT2D eigenvalue weighted by Gasteiger charge is 2.30. The van der Waals surface area contributed by atoms with Crippen LogP contribution in [0.3, 0.4) is 0 Å². The van der Waals surface area contributed by atoms with Crippen LogP contribution in [-0.2, 0) is 6.54 Å². The van der Waals surface area contributed by atoms with Gasteiger partial charge >= 0.3 is 5.82 Å². The molecular formula is C12H21N5O2. The second kappa shape index (κ2) is 5.26. The van der Waals surface area contributed by atoms with E-state index in [-0.39, 0.29) is 16.3 Å². The topological polar surface area (TPSA) is 76.2 Å². The van der Waals surface area contributed by atoms with E-state index in [0.29, 0.717) is 12.4 Å². The molecule has 106 valence electrons. The van der Waals surface area contributed by atoms with Gasteiger partial charge in [-0.05, 0) is 18.8 Å². The van der Waals surface area contributed by atoms with Crippen LogP contribution < -0.4 is 5.32 Å². The fraction of sp³-hybridized carbons (Fsp3) is 0.750. The number of rotatable bonds is 4. The number of aromatic nitrogens is 2. The predicted molar refractivity (Wildman–Crippen MR) is 72.1 cm³/mol. The number of imidazole rings is 1. The van der Waals surface area contributed by atoms with Gasteiger partial charge in [0, 0.05) is 38.6 Å². The quantitative estimate of drug-likeness (QED) is 0.644. The Morgan fingerprint density at radius 3 is 2.89 bits per heavy atom. The Hall–Kier alpha value is -1.47. The van der Waals surface area contributed by atoms with Crippen molar-refractivity contribution in [3.8, 4) is 0 Å². The number of nitrogens with one attached hydrogen (secondary N) is 1. The summed E-state index contributed by atoms with van der Waals surface area (Å²) in [6, 6.07) is 0. The third kappa shape index (κ3) is 2.93. The summed E-state index contributed by atoms with van der Waals surface area (Å²) >= 11 is 0. The lowest BCUT2D eigenvalue weighted by Crippen LogP contribution is -2.58. The molecule has 0 radical (unpaired) electrons. The number of hydrogen-bond donors (Lipinski definition) is 1. The molecule has 0 bridgehead atoms. The molecule has 1 aromatic heterocycles. The first kappa shape index (κ1) is 14.0. The van der Waals surface area contributed by atoms with Gasteiger partial charge in [0.15, 0.2) is 5.82 Å². The zero-order chi connectivity index (χ0) is 14.0. The predicted octanol–water partition coefficient (Wildman–Crippen LogP) is 0.784. The molecule has 2 rings (SSSR count). The normalized spacial score (nSPS) is 19.5. The lowest BCUT2D eigenvalue weighted by atomic mass is 10.0. The van der Waals surface area contributed by atoms with Crippen molar-refractivity contribution < 1.29 is 4.92 Å². The minimum atomic E-state index is -0.372. The van der Waals surface area contributed by atoms with Crippen LogP contribution in [0.4, 0.5) is 5.82 Å². The maximum absolute atomic E-state index is 10.9. The Bertz CT molecular complexity index is 469. The SMILES string of the molecule is Cc1ncc([N+](=O)[O-])n1CCN1CCNCC1(C)C. The van der Waals surface area contributed by atoms with Crippen molar-refractivity contribution in [2.45, 2.75) is 32.9 Å². The van der Waals surface area contributed by atoms with Gasteiger partial charge in [-0.25, -0.2) is 9.55 Å². The molecule has 7 heteroatoms. The summed E-state index contributed by atoms with van der Waals surface area (Å²) in [6.07, 6.45) is 1.33.